The summed E-state index contributed by atoms with van der Waals surface area (Å²) in [5, 5.41) is 0. The van der Waals surface area contributed by atoms with Crippen molar-refractivity contribution in [3.63, 3.8) is 0 Å². The first kappa shape index (κ1) is 25.8. The Labute approximate surface area is 220 Å². The van der Waals surface area contributed by atoms with Crippen LogP contribution in [0.15, 0.2) is 121 Å². The van der Waals surface area contributed by atoms with Crippen LogP contribution in [0.5, 0.6) is 0 Å². The Kier molecular flexibility index (Phi) is 7.36. The van der Waals surface area contributed by atoms with E-state index in [4.69, 9.17) is 14.2 Å². The van der Waals surface area contributed by atoms with Crippen molar-refractivity contribution in [1.29, 1.82) is 0 Å². The number of rotatable bonds is 8. The number of alkyl halides is 2. The maximum atomic E-state index is 15.3. The highest BCUT2D eigenvalue weighted by Crippen LogP contribution is 2.43. The third-order valence-electron chi connectivity index (χ3n) is 6.89. The molecule has 4 aromatic rings. The van der Waals surface area contributed by atoms with Gasteiger partial charge in [-0.05, 0) is 35.7 Å². The average molecular weight is 515 g/mol. The average Bonchev–Trinajstić information content (AvgIpc) is 3.18. The molecule has 1 fully saturated rings. The van der Waals surface area contributed by atoms with Gasteiger partial charge in [0.15, 0.2) is 6.10 Å². The summed E-state index contributed by atoms with van der Waals surface area (Å²) in [7, 11) is 0. The molecule has 0 aliphatic carbocycles. The van der Waals surface area contributed by atoms with Crippen LogP contribution < -0.4 is 0 Å². The van der Waals surface area contributed by atoms with E-state index >= 15 is 8.78 Å². The maximum absolute atomic E-state index is 15.3. The molecule has 4 nitrogen and oxygen atoms in total. The summed E-state index contributed by atoms with van der Waals surface area (Å²) >= 11 is 0. The van der Waals surface area contributed by atoms with E-state index in [-0.39, 0.29) is 12.2 Å². The van der Waals surface area contributed by atoms with Crippen LogP contribution in [0.25, 0.3) is 0 Å². The molecule has 0 N–H and O–H groups in total. The van der Waals surface area contributed by atoms with Crippen LogP contribution in [0, 0.1) is 0 Å². The van der Waals surface area contributed by atoms with Gasteiger partial charge in [0.25, 0.3) is 0 Å². The Morgan fingerprint density at radius 1 is 0.763 bits per heavy atom. The van der Waals surface area contributed by atoms with E-state index in [0.717, 1.165) is 16.7 Å². The molecule has 3 atom stereocenters. The lowest BCUT2D eigenvalue weighted by molar-refractivity contribution is -0.114. The summed E-state index contributed by atoms with van der Waals surface area (Å²) in [6.45, 7) is 1.04. The van der Waals surface area contributed by atoms with Gasteiger partial charge in [-0.25, -0.2) is 4.79 Å². The van der Waals surface area contributed by atoms with Crippen LogP contribution >= 0.6 is 0 Å². The third kappa shape index (κ3) is 4.85. The van der Waals surface area contributed by atoms with Gasteiger partial charge < -0.3 is 14.2 Å². The number of esters is 1. The van der Waals surface area contributed by atoms with E-state index in [0.29, 0.717) is 0 Å². The van der Waals surface area contributed by atoms with Crippen LogP contribution in [0.3, 0.4) is 0 Å². The van der Waals surface area contributed by atoms with Gasteiger partial charge in [0.2, 0.25) is 0 Å². The molecule has 4 aromatic carbocycles. The van der Waals surface area contributed by atoms with Crippen LogP contribution in [0.2, 0.25) is 0 Å². The van der Waals surface area contributed by atoms with E-state index in [1.54, 1.807) is 18.2 Å². The monoisotopic (exact) mass is 514 g/mol. The molecule has 38 heavy (non-hydrogen) atoms. The zero-order chi connectivity index (χ0) is 26.6. The lowest BCUT2D eigenvalue weighted by Crippen LogP contribution is -2.45. The standard InChI is InChI=1S/C32H28F2O4/c1-23-32(33,34)29(38-30(35)24-14-6-2-7-15-24)28(37-23)22-36-31(25-16-8-3-9-17-25,26-18-10-4-11-19-26)27-20-12-5-13-21-27/h2-21,23,28-29H,22H2,1H3/t23?,28-,29?/m1/s1. The second-order valence-electron chi connectivity index (χ2n) is 9.27. The zero-order valence-electron chi connectivity index (χ0n) is 20.9. The van der Waals surface area contributed by atoms with Gasteiger partial charge in [0.05, 0.1) is 12.2 Å². The number of hydrogen-bond donors (Lipinski definition) is 0. The lowest BCUT2D eigenvalue weighted by atomic mass is 9.80. The molecular formula is C32H28F2O4. The molecule has 2 unspecified atom stereocenters. The minimum atomic E-state index is -3.40. The first-order valence-electron chi connectivity index (χ1n) is 12.5. The van der Waals surface area contributed by atoms with Crippen molar-refractivity contribution in [2.24, 2.45) is 0 Å². The predicted octanol–water partition coefficient (Wildman–Crippen LogP) is 6.64. The SMILES string of the molecule is CC1O[C@H](COC(c2ccccc2)(c2ccccc2)c2ccccc2)C(OC(=O)c2ccccc2)C1(F)F. The fourth-order valence-corrected chi connectivity index (χ4v) is 4.92. The first-order chi connectivity index (χ1) is 18.4. The highest BCUT2D eigenvalue weighted by atomic mass is 19.3. The number of benzene rings is 4. The Hall–Kier alpha value is -3.87. The summed E-state index contributed by atoms with van der Waals surface area (Å²) < 4.78 is 48.3. The van der Waals surface area contributed by atoms with E-state index in [1.165, 1.54) is 19.1 Å². The first-order valence-corrected chi connectivity index (χ1v) is 12.5. The van der Waals surface area contributed by atoms with E-state index in [9.17, 15) is 4.79 Å². The number of ether oxygens (including phenoxy) is 3. The summed E-state index contributed by atoms with van der Waals surface area (Å²) in [5.41, 5.74) is 1.55. The summed E-state index contributed by atoms with van der Waals surface area (Å²) in [4.78, 5) is 12.8. The molecule has 1 saturated heterocycles. The topological polar surface area (TPSA) is 44.8 Å². The Morgan fingerprint density at radius 2 is 1.18 bits per heavy atom. The molecule has 0 amide bonds. The largest absolute Gasteiger partial charge is 0.449 e. The van der Waals surface area contributed by atoms with Gasteiger partial charge in [0, 0.05) is 0 Å². The van der Waals surface area contributed by atoms with Crippen molar-refractivity contribution in [2.45, 2.75) is 36.8 Å². The van der Waals surface area contributed by atoms with Crippen LogP contribution in [0.4, 0.5) is 8.78 Å². The van der Waals surface area contributed by atoms with Crippen LogP contribution in [0.1, 0.15) is 34.0 Å². The Bertz CT molecular complexity index is 1230. The second kappa shape index (κ2) is 10.9. The molecule has 0 saturated carbocycles. The van der Waals surface area contributed by atoms with Crippen molar-refractivity contribution < 1.29 is 27.8 Å². The van der Waals surface area contributed by atoms with Crippen molar-refractivity contribution in [1.82, 2.24) is 0 Å². The van der Waals surface area contributed by atoms with Crippen molar-refractivity contribution in [3.8, 4) is 0 Å². The van der Waals surface area contributed by atoms with Gasteiger partial charge in [0.1, 0.15) is 17.8 Å². The van der Waals surface area contributed by atoms with Crippen molar-refractivity contribution in [3.05, 3.63) is 144 Å². The molecule has 6 heteroatoms. The highest BCUT2D eigenvalue weighted by Gasteiger charge is 2.60. The molecule has 0 spiro atoms. The van der Waals surface area contributed by atoms with E-state index < -0.39 is 35.8 Å². The fraction of sp³-hybridized carbons (Fsp3) is 0.219. The molecule has 5 rings (SSSR count). The second-order valence-corrected chi connectivity index (χ2v) is 9.27. The van der Waals surface area contributed by atoms with Crippen molar-refractivity contribution in [2.75, 3.05) is 6.61 Å². The third-order valence-corrected chi connectivity index (χ3v) is 6.89. The van der Waals surface area contributed by atoms with Crippen molar-refractivity contribution >= 4 is 5.97 Å². The van der Waals surface area contributed by atoms with Gasteiger partial charge in [-0.3, -0.25) is 0 Å². The van der Waals surface area contributed by atoms with Gasteiger partial charge >= 0.3 is 11.9 Å². The fourth-order valence-electron chi connectivity index (χ4n) is 4.92. The number of halogens is 2. The highest BCUT2D eigenvalue weighted by molar-refractivity contribution is 5.89. The molecular weight excluding hydrogens is 486 g/mol. The minimum Gasteiger partial charge on any atom is -0.449 e. The molecule has 1 aliphatic heterocycles. The molecule has 0 bridgehead atoms. The molecule has 1 heterocycles. The smallest absolute Gasteiger partial charge is 0.338 e. The molecule has 0 radical (unpaired) electrons. The normalized spacial score (nSPS) is 20.7. The van der Waals surface area contributed by atoms with Gasteiger partial charge in [-0.1, -0.05) is 109 Å². The lowest BCUT2D eigenvalue weighted by Gasteiger charge is -2.37. The molecule has 1 aliphatic rings. The van der Waals surface area contributed by atoms with Crippen LogP contribution in [-0.4, -0.2) is 36.8 Å². The quantitative estimate of drug-likeness (QED) is 0.195. The number of carbonyl (C=O) groups excluding carboxylic acids is 1. The van der Waals surface area contributed by atoms with Gasteiger partial charge in [-0.2, -0.15) is 8.78 Å². The Balaban J connectivity index is 1.52. The van der Waals surface area contributed by atoms with Crippen LogP contribution in [-0.2, 0) is 19.8 Å². The summed E-state index contributed by atoms with van der Waals surface area (Å²) in [5.74, 6) is -4.23. The zero-order valence-corrected chi connectivity index (χ0v) is 20.9. The Morgan fingerprint density at radius 3 is 1.63 bits per heavy atom. The van der Waals surface area contributed by atoms with E-state index in [2.05, 4.69) is 0 Å². The minimum absolute atomic E-state index is 0.190. The predicted molar refractivity (Wildman–Crippen MR) is 140 cm³/mol. The number of hydrogen-bond acceptors (Lipinski definition) is 4. The number of carbonyl (C=O) groups is 1. The molecule has 194 valence electrons. The maximum Gasteiger partial charge on any atom is 0.338 e. The van der Waals surface area contributed by atoms with Gasteiger partial charge in [-0.15, -0.1) is 0 Å². The summed E-state index contributed by atoms with van der Waals surface area (Å²) in [6.07, 6.45) is -4.46. The van der Waals surface area contributed by atoms with E-state index in [1.807, 2.05) is 91.0 Å². The molecule has 0 aromatic heterocycles. The summed E-state index contributed by atoms with van der Waals surface area (Å²) in [6, 6.07) is 36.9.